The van der Waals surface area contributed by atoms with Gasteiger partial charge in [0.2, 0.25) is 11.8 Å². The van der Waals surface area contributed by atoms with Crippen molar-refractivity contribution in [1.29, 1.82) is 0 Å². The van der Waals surface area contributed by atoms with E-state index in [2.05, 4.69) is 0 Å². The predicted molar refractivity (Wildman–Crippen MR) is 62.8 cm³/mol. The van der Waals surface area contributed by atoms with Crippen LogP contribution in [0.3, 0.4) is 0 Å². The summed E-state index contributed by atoms with van der Waals surface area (Å²) in [7, 11) is 1.46. The maximum absolute atomic E-state index is 12.0. The first-order chi connectivity index (χ1) is 8.50. The molecule has 18 heavy (non-hydrogen) atoms. The lowest BCUT2D eigenvalue weighted by Gasteiger charge is -2.31. The van der Waals surface area contributed by atoms with Gasteiger partial charge in [-0.05, 0) is 12.8 Å². The number of aliphatic carboxylic acids is 1. The summed E-state index contributed by atoms with van der Waals surface area (Å²) in [4.78, 5) is 37.3. The molecular weight excluding hydrogens is 236 g/mol. The molecule has 0 aromatic heterocycles. The van der Waals surface area contributed by atoms with Crippen LogP contribution >= 0.6 is 0 Å². The number of imide groups is 1. The third-order valence-corrected chi connectivity index (χ3v) is 3.87. The summed E-state index contributed by atoms with van der Waals surface area (Å²) in [6.45, 7) is -0.164. The van der Waals surface area contributed by atoms with E-state index in [9.17, 15) is 14.4 Å². The van der Waals surface area contributed by atoms with Crippen molar-refractivity contribution in [2.24, 2.45) is 0 Å². The number of hydrogen-bond acceptors (Lipinski definition) is 4. The largest absolute Gasteiger partial charge is 0.480 e. The molecule has 2 aliphatic rings. The molecule has 2 rings (SSSR count). The predicted octanol–water partition coefficient (Wildman–Crippen LogP) is 0.0729. The van der Waals surface area contributed by atoms with Gasteiger partial charge in [0.25, 0.3) is 0 Å². The van der Waals surface area contributed by atoms with Gasteiger partial charge in [-0.25, -0.2) is 0 Å². The van der Waals surface area contributed by atoms with Crippen molar-refractivity contribution in [3.8, 4) is 0 Å². The zero-order valence-electron chi connectivity index (χ0n) is 10.5. The van der Waals surface area contributed by atoms with E-state index in [4.69, 9.17) is 5.11 Å². The number of amides is 2. The Labute approximate surface area is 106 Å². The Bertz CT molecular complexity index is 376. The minimum atomic E-state index is -0.947. The van der Waals surface area contributed by atoms with Gasteiger partial charge in [0.15, 0.2) is 0 Å². The van der Waals surface area contributed by atoms with Crippen LogP contribution in [0.2, 0.25) is 0 Å². The normalized spacial score (nSPS) is 25.4. The third-order valence-electron chi connectivity index (χ3n) is 3.87. The Morgan fingerprint density at radius 3 is 2.44 bits per heavy atom. The summed E-state index contributed by atoms with van der Waals surface area (Å²) >= 11 is 0. The molecular formula is C12H18N2O4. The molecule has 6 nitrogen and oxygen atoms in total. The monoisotopic (exact) mass is 254 g/mol. The highest BCUT2D eigenvalue weighted by Gasteiger charge is 2.43. The molecule has 1 aliphatic heterocycles. The van der Waals surface area contributed by atoms with Gasteiger partial charge >= 0.3 is 5.97 Å². The fourth-order valence-corrected chi connectivity index (χ4v) is 2.88. The highest BCUT2D eigenvalue weighted by molar-refractivity contribution is 6.05. The van der Waals surface area contributed by atoms with Gasteiger partial charge < -0.3 is 5.11 Å². The number of carboxylic acids is 1. The van der Waals surface area contributed by atoms with Crippen LogP contribution in [-0.4, -0.2) is 58.4 Å². The zero-order chi connectivity index (χ0) is 13.3. The first-order valence-electron chi connectivity index (χ1n) is 6.28. The second-order valence-electron chi connectivity index (χ2n) is 5.02. The lowest BCUT2D eigenvalue weighted by atomic mass is 10.1. The second kappa shape index (κ2) is 5.06. The molecule has 1 N–H and O–H groups in total. The van der Waals surface area contributed by atoms with E-state index in [0.717, 1.165) is 30.6 Å². The van der Waals surface area contributed by atoms with Crippen LogP contribution in [0.1, 0.15) is 32.1 Å². The highest BCUT2D eigenvalue weighted by Crippen LogP contribution is 2.28. The van der Waals surface area contributed by atoms with Gasteiger partial charge in [-0.15, -0.1) is 0 Å². The number of likely N-dealkylation sites (N-methyl/N-ethyl adjacent to an activating group) is 1. The van der Waals surface area contributed by atoms with E-state index in [1.54, 1.807) is 4.90 Å². The van der Waals surface area contributed by atoms with Crippen molar-refractivity contribution in [2.45, 2.75) is 44.2 Å². The number of rotatable bonds is 4. The first-order valence-corrected chi connectivity index (χ1v) is 6.28. The van der Waals surface area contributed by atoms with Gasteiger partial charge in [-0.3, -0.25) is 24.2 Å². The van der Waals surface area contributed by atoms with Crippen LogP contribution < -0.4 is 0 Å². The number of hydrogen-bond donors (Lipinski definition) is 1. The van der Waals surface area contributed by atoms with E-state index >= 15 is 0 Å². The van der Waals surface area contributed by atoms with Crippen LogP contribution in [0.25, 0.3) is 0 Å². The van der Waals surface area contributed by atoms with Gasteiger partial charge in [-0.2, -0.15) is 0 Å². The molecule has 6 heteroatoms. The first kappa shape index (κ1) is 13.0. The van der Waals surface area contributed by atoms with Gasteiger partial charge in [0.05, 0.1) is 19.0 Å². The van der Waals surface area contributed by atoms with E-state index in [-0.39, 0.29) is 30.8 Å². The number of carbonyl (C=O) groups excluding carboxylic acids is 2. The molecule has 2 amide bonds. The van der Waals surface area contributed by atoms with Crippen molar-refractivity contribution in [3.05, 3.63) is 0 Å². The molecule has 1 atom stereocenters. The number of nitrogens with zero attached hydrogens (tertiary/aromatic N) is 2. The average Bonchev–Trinajstić information content (AvgIpc) is 2.91. The van der Waals surface area contributed by atoms with E-state index < -0.39 is 12.0 Å². The minimum Gasteiger partial charge on any atom is -0.480 e. The van der Waals surface area contributed by atoms with Crippen LogP contribution in [0.5, 0.6) is 0 Å². The van der Waals surface area contributed by atoms with E-state index in [1.165, 1.54) is 7.05 Å². The number of carboxylic acid groups (broad SMARTS) is 1. The molecule has 1 saturated heterocycles. The summed E-state index contributed by atoms with van der Waals surface area (Å²) in [6, 6.07) is -0.462. The molecule has 1 saturated carbocycles. The van der Waals surface area contributed by atoms with Crippen molar-refractivity contribution < 1.29 is 19.5 Å². The van der Waals surface area contributed by atoms with Gasteiger partial charge in [0.1, 0.15) is 0 Å². The second-order valence-corrected chi connectivity index (χ2v) is 5.02. The SMILES string of the molecule is CN1C(=O)CC(N(CC(=O)O)C2CCCC2)C1=O. The van der Waals surface area contributed by atoms with Crippen molar-refractivity contribution in [2.75, 3.05) is 13.6 Å². The summed E-state index contributed by atoms with van der Waals surface area (Å²) < 4.78 is 0. The molecule has 0 bridgehead atoms. The Kier molecular flexibility index (Phi) is 3.65. The van der Waals surface area contributed by atoms with Crippen LogP contribution in [0, 0.1) is 0 Å². The molecule has 2 fully saturated rings. The Hall–Kier alpha value is -1.43. The Morgan fingerprint density at radius 2 is 2.00 bits per heavy atom. The third kappa shape index (κ3) is 2.38. The summed E-state index contributed by atoms with van der Waals surface area (Å²) in [5, 5.41) is 8.97. The summed E-state index contributed by atoms with van der Waals surface area (Å²) in [6.07, 6.45) is 4.06. The van der Waals surface area contributed by atoms with Crippen molar-refractivity contribution in [3.63, 3.8) is 0 Å². The molecule has 0 spiro atoms. The van der Waals surface area contributed by atoms with E-state index in [1.807, 2.05) is 0 Å². The van der Waals surface area contributed by atoms with E-state index in [0.29, 0.717) is 0 Å². The lowest BCUT2D eigenvalue weighted by molar-refractivity contribution is -0.141. The lowest BCUT2D eigenvalue weighted by Crippen LogP contribution is -2.48. The van der Waals surface area contributed by atoms with Crippen LogP contribution in [-0.2, 0) is 14.4 Å². The quantitative estimate of drug-likeness (QED) is 0.718. The maximum atomic E-state index is 12.0. The average molecular weight is 254 g/mol. The smallest absolute Gasteiger partial charge is 0.317 e. The molecule has 1 unspecified atom stereocenters. The Balaban J connectivity index is 2.15. The molecule has 0 aromatic carbocycles. The number of likely N-dealkylation sites (tertiary alicyclic amines) is 1. The Morgan fingerprint density at radius 1 is 1.39 bits per heavy atom. The minimum absolute atomic E-state index is 0.110. The fraction of sp³-hybridized carbons (Fsp3) is 0.750. The zero-order valence-corrected chi connectivity index (χ0v) is 10.5. The maximum Gasteiger partial charge on any atom is 0.317 e. The van der Waals surface area contributed by atoms with Crippen LogP contribution in [0.4, 0.5) is 0 Å². The fourth-order valence-electron chi connectivity index (χ4n) is 2.88. The highest BCUT2D eigenvalue weighted by atomic mass is 16.4. The molecule has 1 heterocycles. The summed E-state index contributed by atoms with van der Waals surface area (Å²) in [5.41, 5.74) is 0. The molecule has 0 radical (unpaired) electrons. The topological polar surface area (TPSA) is 77.9 Å². The van der Waals surface area contributed by atoms with Gasteiger partial charge in [0, 0.05) is 13.1 Å². The van der Waals surface area contributed by atoms with Crippen LogP contribution in [0.15, 0.2) is 0 Å². The van der Waals surface area contributed by atoms with Crippen molar-refractivity contribution in [1.82, 2.24) is 9.80 Å². The molecule has 1 aliphatic carbocycles. The molecule has 100 valence electrons. The summed E-state index contributed by atoms with van der Waals surface area (Å²) in [5.74, 6) is -1.44. The standard InChI is InChI=1S/C12H18N2O4/c1-13-10(15)6-9(12(13)18)14(7-11(16)17)8-4-2-3-5-8/h8-9H,2-7H2,1H3,(H,16,17). The van der Waals surface area contributed by atoms with Gasteiger partial charge in [-0.1, -0.05) is 12.8 Å². The number of carbonyl (C=O) groups is 3. The van der Waals surface area contributed by atoms with Crippen molar-refractivity contribution >= 4 is 17.8 Å². The molecule has 0 aromatic rings.